The zero-order valence-corrected chi connectivity index (χ0v) is 17.1. The predicted octanol–water partition coefficient (Wildman–Crippen LogP) is 3.26. The number of amides is 1. The molecular weight excluding hydrogens is 405 g/mol. The smallest absolute Gasteiger partial charge is 0.419 e. The van der Waals surface area contributed by atoms with Crippen LogP contribution in [0, 0.1) is 0 Å². The molecule has 2 rings (SSSR count). The maximum atomic E-state index is 12.5. The molecule has 3 N–H and O–H groups in total. The molecule has 0 aliphatic rings. The number of anilines is 1. The monoisotopic (exact) mass is 430 g/mol. The van der Waals surface area contributed by atoms with Crippen LogP contribution in [0.15, 0.2) is 18.5 Å². The average molecular weight is 430 g/mol. The zero-order chi connectivity index (χ0) is 22.4. The predicted molar refractivity (Wildman–Crippen MR) is 101 cm³/mol. The third-order valence-electron chi connectivity index (χ3n) is 3.48. The second-order valence-corrected chi connectivity index (χ2v) is 7.59. The number of carbonyl (C=O) groups excluding carboxylic acids is 1. The first kappa shape index (κ1) is 23.4. The number of alkyl carbamates (subject to hydrolysis) is 1. The van der Waals surface area contributed by atoms with Crippen LogP contribution in [0.3, 0.4) is 0 Å². The Bertz CT molecular complexity index is 818. The molecule has 0 fully saturated rings. The molecule has 0 radical (unpaired) electrons. The van der Waals surface area contributed by atoms with Crippen LogP contribution < -0.4 is 10.6 Å². The topological polar surface area (TPSA) is 114 Å². The number of hydrogen-bond acceptors (Lipinski definition) is 7. The molecule has 12 heteroatoms. The van der Waals surface area contributed by atoms with Gasteiger partial charge < -0.3 is 20.1 Å². The lowest BCUT2D eigenvalue weighted by Crippen LogP contribution is -2.39. The Kier molecular flexibility index (Phi) is 7.59. The van der Waals surface area contributed by atoms with Crippen molar-refractivity contribution in [2.75, 3.05) is 11.9 Å². The van der Waals surface area contributed by atoms with Gasteiger partial charge in [-0.05, 0) is 33.8 Å². The van der Waals surface area contributed by atoms with E-state index >= 15 is 0 Å². The van der Waals surface area contributed by atoms with Gasteiger partial charge in [-0.15, -0.1) is 0 Å². The van der Waals surface area contributed by atoms with Gasteiger partial charge in [-0.25, -0.2) is 14.8 Å². The molecule has 2 heterocycles. The number of nitrogens with zero attached hydrogens (tertiary/aromatic N) is 3. The molecule has 0 bridgehead atoms. The Labute approximate surface area is 171 Å². The fourth-order valence-corrected chi connectivity index (χ4v) is 2.20. The summed E-state index contributed by atoms with van der Waals surface area (Å²) >= 11 is 0. The second-order valence-electron chi connectivity index (χ2n) is 7.59. The number of alkyl halides is 3. The lowest BCUT2D eigenvalue weighted by atomic mass is 10.2. The SMILES string of the molecule is C[C@@H](COCc1cc(CNc2ncc(C(F)(F)F)cn2)[nH]n1)NC(=O)OC(C)(C)C. The molecule has 0 saturated heterocycles. The molecule has 166 valence electrons. The number of hydrogen-bond donors (Lipinski definition) is 3. The van der Waals surface area contributed by atoms with Crippen molar-refractivity contribution in [3.05, 3.63) is 35.4 Å². The summed E-state index contributed by atoms with van der Waals surface area (Å²) in [6.45, 7) is 7.85. The van der Waals surface area contributed by atoms with Gasteiger partial charge in [-0.1, -0.05) is 0 Å². The Balaban J connectivity index is 1.72. The van der Waals surface area contributed by atoms with E-state index in [0.717, 1.165) is 0 Å². The first-order chi connectivity index (χ1) is 13.9. The van der Waals surface area contributed by atoms with E-state index in [2.05, 4.69) is 30.8 Å². The highest BCUT2D eigenvalue weighted by atomic mass is 19.4. The van der Waals surface area contributed by atoms with E-state index in [1.807, 2.05) is 0 Å². The third kappa shape index (κ3) is 8.23. The first-order valence-electron chi connectivity index (χ1n) is 9.16. The van der Waals surface area contributed by atoms with Crippen molar-refractivity contribution >= 4 is 12.0 Å². The quantitative estimate of drug-likeness (QED) is 0.589. The average Bonchev–Trinajstić information content (AvgIpc) is 3.05. The van der Waals surface area contributed by atoms with Crippen molar-refractivity contribution in [3.8, 4) is 0 Å². The highest BCUT2D eigenvalue weighted by Gasteiger charge is 2.31. The van der Waals surface area contributed by atoms with E-state index in [9.17, 15) is 18.0 Å². The number of rotatable bonds is 8. The van der Waals surface area contributed by atoms with Gasteiger partial charge in [-0.3, -0.25) is 5.10 Å². The molecule has 0 spiro atoms. The Morgan fingerprint density at radius 1 is 1.23 bits per heavy atom. The molecule has 2 aromatic heterocycles. The van der Waals surface area contributed by atoms with Crippen LogP contribution in [0.4, 0.5) is 23.9 Å². The molecular formula is C18H25F3N6O3. The van der Waals surface area contributed by atoms with Crippen molar-refractivity contribution in [3.63, 3.8) is 0 Å². The zero-order valence-electron chi connectivity index (χ0n) is 17.1. The number of halogens is 3. The molecule has 0 unspecified atom stereocenters. The maximum absolute atomic E-state index is 12.5. The number of aromatic nitrogens is 4. The van der Waals surface area contributed by atoms with Gasteiger partial charge in [0.05, 0.1) is 42.8 Å². The third-order valence-corrected chi connectivity index (χ3v) is 3.48. The summed E-state index contributed by atoms with van der Waals surface area (Å²) in [5, 5.41) is 12.4. The molecule has 0 aliphatic carbocycles. The molecule has 1 amide bonds. The van der Waals surface area contributed by atoms with Crippen molar-refractivity contribution in [1.29, 1.82) is 0 Å². The summed E-state index contributed by atoms with van der Waals surface area (Å²) in [5.74, 6) is 0.0671. The van der Waals surface area contributed by atoms with Gasteiger partial charge in [0, 0.05) is 12.4 Å². The van der Waals surface area contributed by atoms with E-state index in [4.69, 9.17) is 9.47 Å². The molecule has 9 nitrogen and oxygen atoms in total. The largest absolute Gasteiger partial charge is 0.444 e. The summed E-state index contributed by atoms with van der Waals surface area (Å²) in [6.07, 6.45) is -3.56. The summed E-state index contributed by atoms with van der Waals surface area (Å²) in [6, 6.07) is 1.49. The fraction of sp³-hybridized carbons (Fsp3) is 0.556. The maximum Gasteiger partial charge on any atom is 0.419 e. The number of H-pyrrole nitrogens is 1. The van der Waals surface area contributed by atoms with Crippen LogP contribution in [-0.4, -0.2) is 44.5 Å². The standard InChI is InChI=1S/C18H25F3N6O3/c1-11(25-16(28)30-17(2,3)4)9-29-10-14-5-13(26-27-14)8-24-15-22-6-12(7-23-15)18(19,20)21/h5-7,11H,8-10H2,1-4H3,(H,25,28)(H,26,27)(H,22,23,24)/t11-/m0/s1. The molecule has 0 aliphatic heterocycles. The molecule has 30 heavy (non-hydrogen) atoms. The summed E-state index contributed by atoms with van der Waals surface area (Å²) in [7, 11) is 0. The van der Waals surface area contributed by atoms with E-state index in [0.29, 0.717) is 23.8 Å². The normalized spacial score (nSPS) is 13.0. The number of nitrogens with one attached hydrogen (secondary N) is 3. The van der Waals surface area contributed by atoms with Gasteiger partial charge in [0.2, 0.25) is 5.95 Å². The minimum atomic E-state index is -4.48. The summed E-state index contributed by atoms with van der Waals surface area (Å²) in [4.78, 5) is 19.0. The van der Waals surface area contributed by atoms with Gasteiger partial charge in [0.15, 0.2) is 0 Å². The van der Waals surface area contributed by atoms with Crippen LogP contribution in [0.25, 0.3) is 0 Å². The van der Waals surface area contributed by atoms with E-state index in [1.165, 1.54) is 0 Å². The van der Waals surface area contributed by atoms with E-state index < -0.39 is 23.4 Å². The van der Waals surface area contributed by atoms with Crippen LogP contribution in [0.1, 0.15) is 44.6 Å². The highest BCUT2D eigenvalue weighted by Crippen LogP contribution is 2.28. The lowest BCUT2D eigenvalue weighted by Gasteiger charge is -2.21. The summed E-state index contributed by atoms with van der Waals surface area (Å²) in [5.41, 5.74) is -0.179. The van der Waals surface area contributed by atoms with Crippen LogP contribution in [0.5, 0.6) is 0 Å². The minimum Gasteiger partial charge on any atom is -0.444 e. The molecule has 0 aromatic carbocycles. The fourth-order valence-electron chi connectivity index (χ4n) is 2.20. The Hall–Kier alpha value is -2.89. The van der Waals surface area contributed by atoms with Crippen molar-refractivity contribution < 1.29 is 27.4 Å². The highest BCUT2D eigenvalue weighted by molar-refractivity contribution is 5.68. The van der Waals surface area contributed by atoms with Gasteiger partial charge in [0.1, 0.15) is 5.60 Å². The van der Waals surface area contributed by atoms with E-state index in [1.54, 1.807) is 33.8 Å². The number of ether oxygens (including phenoxy) is 2. The minimum absolute atomic E-state index is 0.0671. The van der Waals surface area contributed by atoms with Gasteiger partial charge >= 0.3 is 12.3 Å². The van der Waals surface area contributed by atoms with Crippen LogP contribution >= 0.6 is 0 Å². The van der Waals surface area contributed by atoms with E-state index in [-0.39, 0.29) is 31.7 Å². The van der Waals surface area contributed by atoms with Crippen molar-refractivity contribution in [2.24, 2.45) is 0 Å². The van der Waals surface area contributed by atoms with Crippen molar-refractivity contribution in [2.45, 2.75) is 58.7 Å². The number of carbonyl (C=O) groups is 1. The van der Waals surface area contributed by atoms with Gasteiger partial charge in [-0.2, -0.15) is 18.3 Å². The molecule has 1 atom stereocenters. The lowest BCUT2D eigenvalue weighted by molar-refractivity contribution is -0.138. The molecule has 2 aromatic rings. The first-order valence-corrected chi connectivity index (χ1v) is 9.16. The molecule has 0 saturated carbocycles. The van der Waals surface area contributed by atoms with Crippen LogP contribution in [-0.2, 0) is 28.8 Å². The van der Waals surface area contributed by atoms with Crippen molar-refractivity contribution in [1.82, 2.24) is 25.5 Å². The Morgan fingerprint density at radius 2 is 1.90 bits per heavy atom. The second kappa shape index (κ2) is 9.74. The summed E-state index contributed by atoms with van der Waals surface area (Å²) < 4.78 is 48.2. The van der Waals surface area contributed by atoms with Crippen LogP contribution in [0.2, 0.25) is 0 Å². The Morgan fingerprint density at radius 3 is 2.50 bits per heavy atom. The van der Waals surface area contributed by atoms with Gasteiger partial charge in [0.25, 0.3) is 0 Å². The number of aromatic amines is 1.